The first kappa shape index (κ1) is 13.8. The van der Waals surface area contributed by atoms with Crippen LogP contribution in [0.1, 0.15) is 12.5 Å². The Balaban J connectivity index is 2.65. The summed E-state index contributed by atoms with van der Waals surface area (Å²) in [6.07, 6.45) is 2.82. The molecule has 0 spiro atoms. The maximum Gasteiger partial charge on any atom is 0.244 e. The molecular formula is C13H14NO4-. The first-order valence-electron chi connectivity index (χ1n) is 5.51. The van der Waals surface area contributed by atoms with E-state index < -0.39 is 18.4 Å². The first-order valence-corrected chi connectivity index (χ1v) is 5.51. The molecule has 1 aromatic rings. The summed E-state index contributed by atoms with van der Waals surface area (Å²) >= 11 is 0. The van der Waals surface area contributed by atoms with Crippen molar-refractivity contribution in [2.75, 3.05) is 13.2 Å². The first-order chi connectivity index (χ1) is 8.63. The maximum absolute atomic E-state index is 11.3. The molecule has 0 radical (unpaired) electrons. The molecule has 5 heteroatoms. The average molecular weight is 248 g/mol. The number of amides is 1. The number of hydrogen-bond donors (Lipinski definition) is 1. The molecule has 5 nitrogen and oxygen atoms in total. The van der Waals surface area contributed by atoms with Crippen LogP contribution in [-0.4, -0.2) is 25.0 Å². The zero-order chi connectivity index (χ0) is 13.4. The molecule has 18 heavy (non-hydrogen) atoms. The Morgan fingerprint density at radius 1 is 1.39 bits per heavy atom. The van der Waals surface area contributed by atoms with Gasteiger partial charge in [-0.05, 0) is 19.1 Å². The summed E-state index contributed by atoms with van der Waals surface area (Å²) < 4.78 is 5.38. The highest BCUT2D eigenvalue weighted by atomic mass is 16.5. The second-order valence-electron chi connectivity index (χ2n) is 3.39. The van der Waals surface area contributed by atoms with Crippen molar-refractivity contribution in [3.8, 4) is 5.75 Å². The molecular weight excluding hydrogens is 234 g/mol. The molecule has 0 aliphatic carbocycles. The Morgan fingerprint density at radius 3 is 2.78 bits per heavy atom. The van der Waals surface area contributed by atoms with Crippen LogP contribution in [0.2, 0.25) is 0 Å². The van der Waals surface area contributed by atoms with Crippen LogP contribution in [0.15, 0.2) is 30.3 Å². The van der Waals surface area contributed by atoms with Gasteiger partial charge in [0.05, 0.1) is 19.1 Å². The SMILES string of the molecule is CCOc1ccccc1C=CC(=O)NCC(=O)[O-]. The minimum absolute atomic E-state index is 0.495. The fraction of sp³-hybridized carbons (Fsp3) is 0.231. The van der Waals surface area contributed by atoms with E-state index >= 15 is 0 Å². The molecule has 0 saturated carbocycles. The predicted octanol–water partition coefficient (Wildman–Crippen LogP) is -0.0354. The molecule has 0 heterocycles. The molecule has 0 aromatic heterocycles. The number of carboxylic acid groups (broad SMARTS) is 1. The average Bonchev–Trinajstić information content (AvgIpc) is 2.35. The van der Waals surface area contributed by atoms with Crippen molar-refractivity contribution >= 4 is 18.0 Å². The Hall–Kier alpha value is -2.30. The Labute approximate surface area is 105 Å². The molecule has 0 atom stereocenters. The van der Waals surface area contributed by atoms with Gasteiger partial charge in [0.15, 0.2) is 0 Å². The van der Waals surface area contributed by atoms with E-state index in [1.807, 2.05) is 19.1 Å². The van der Waals surface area contributed by atoms with E-state index in [-0.39, 0.29) is 0 Å². The lowest BCUT2D eigenvalue weighted by Crippen LogP contribution is -2.36. The monoisotopic (exact) mass is 248 g/mol. The van der Waals surface area contributed by atoms with E-state index in [4.69, 9.17) is 4.74 Å². The highest BCUT2D eigenvalue weighted by Crippen LogP contribution is 2.19. The van der Waals surface area contributed by atoms with Crippen molar-refractivity contribution in [1.29, 1.82) is 0 Å². The van der Waals surface area contributed by atoms with Gasteiger partial charge in [0.25, 0.3) is 0 Å². The van der Waals surface area contributed by atoms with Gasteiger partial charge >= 0.3 is 0 Å². The summed E-state index contributed by atoms with van der Waals surface area (Å²) in [4.78, 5) is 21.4. The molecule has 1 N–H and O–H groups in total. The van der Waals surface area contributed by atoms with Gasteiger partial charge in [-0.1, -0.05) is 18.2 Å². The minimum atomic E-state index is -1.33. The summed E-state index contributed by atoms with van der Waals surface area (Å²) in [5, 5.41) is 12.3. The number of aliphatic carboxylic acids is 1. The number of nitrogens with one attached hydrogen (secondary N) is 1. The topological polar surface area (TPSA) is 78.5 Å². The van der Waals surface area contributed by atoms with Crippen molar-refractivity contribution in [2.24, 2.45) is 0 Å². The number of ether oxygens (including phenoxy) is 1. The van der Waals surface area contributed by atoms with Crippen LogP contribution >= 0.6 is 0 Å². The van der Waals surface area contributed by atoms with Gasteiger partial charge in [-0.15, -0.1) is 0 Å². The fourth-order valence-corrected chi connectivity index (χ4v) is 1.29. The van der Waals surface area contributed by atoms with Gasteiger partial charge in [0.2, 0.25) is 5.91 Å². The third-order valence-electron chi connectivity index (χ3n) is 2.04. The largest absolute Gasteiger partial charge is 0.548 e. The van der Waals surface area contributed by atoms with Crippen molar-refractivity contribution in [1.82, 2.24) is 5.32 Å². The number of benzene rings is 1. The maximum atomic E-state index is 11.3. The second kappa shape index (κ2) is 7.11. The third kappa shape index (κ3) is 4.69. The number of carbonyl (C=O) groups excluding carboxylic acids is 2. The zero-order valence-electron chi connectivity index (χ0n) is 10.0. The normalized spacial score (nSPS) is 10.3. The van der Waals surface area contributed by atoms with Crippen molar-refractivity contribution < 1.29 is 19.4 Å². The number of rotatable bonds is 6. The molecule has 0 fully saturated rings. The van der Waals surface area contributed by atoms with E-state index in [0.717, 1.165) is 5.56 Å². The Bertz CT molecular complexity index is 454. The van der Waals surface area contributed by atoms with Gasteiger partial charge < -0.3 is 20.0 Å². The van der Waals surface area contributed by atoms with Crippen LogP contribution in [0.4, 0.5) is 0 Å². The van der Waals surface area contributed by atoms with Crippen LogP contribution < -0.4 is 15.2 Å². The van der Waals surface area contributed by atoms with Gasteiger partial charge in [0, 0.05) is 11.6 Å². The van der Waals surface area contributed by atoms with E-state index in [1.54, 1.807) is 18.2 Å². The quantitative estimate of drug-likeness (QED) is 0.717. The molecule has 1 amide bonds. The van der Waals surface area contributed by atoms with Gasteiger partial charge in [-0.3, -0.25) is 4.79 Å². The van der Waals surface area contributed by atoms with Gasteiger partial charge in [-0.25, -0.2) is 0 Å². The van der Waals surface area contributed by atoms with E-state index in [2.05, 4.69) is 5.32 Å². The third-order valence-corrected chi connectivity index (χ3v) is 2.04. The van der Waals surface area contributed by atoms with Gasteiger partial charge in [-0.2, -0.15) is 0 Å². The minimum Gasteiger partial charge on any atom is -0.548 e. The standard InChI is InChI=1S/C13H15NO4/c1-2-18-11-6-4-3-5-10(11)7-8-12(15)14-9-13(16)17/h3-8H,2,9H2,1H3,(H,14,15)(H,16,17)/p-1. The Morgan fingerprint density at radius 2 is 2.11 bits per heavy atom. The number of hydrogen-bond acceptors (Lipinski definition) is 4. The molecule has 1 aromatic carbocycles. The summed E-state index contributed by atoms with van der Waals surface area (Å²) in [6.45, 7) is 1.89. The van der Waals surface area contributed by atoms with Crippen LogP contribution in [0.25, 0.3) is 6.08 Å². The molecule has 0 saturated heterocycles. The van der Waals surface area contributed by atoms with Crippen molar-refractivity contribution in [3.05, 3.63) is 35.9 Å². The molecule has 0 unspecified atom stereocenters. The van der Waals surface area contributed by atoms with Crippen LogP contribution in [0, 0.1) is 0 Å². The second-order valence-corrected chi connectivity index (χ2v) is 3.39. The van der Waals surface area contributed by atoms with Crippen LogP contribution in [0.5, 0.6) is 5.75 Å². The lowest BCUT2D eigenvalue weighted by atomic mass is 10.2. The van der Waals surface area contributed by atoms with E-state index in [1.165, 1.54) is 6.08 Å². The molecule has 0 aliphatic rings. The fourth-order valence-electron chi connectivity index (χ4n) is 1.29. The van der Waals surface area contributed by atoms with E-state index in [9.17, 15) is 14.7 Å². The number of carbonyl (C=O) groups is 2. The molecule has 0 bridgehead atoms. The number of para-hydroxylation sites is 1. The Kier molecular flexibility index (Phi) is 5.44. The molecule has 0 aliphatic heterocycles. The highest BCUT2D eigenvalue weighted by molar-refractivity contribution is 5.93. The zero-order valence-corrected chi connectivity index (χ0v) is 10.0. The van der Waals surface area contributed by atoms with Crippen molar-refractivity contribution in [2.45, 2.75) is 6.92 Å². The summed E-state index contributed by atoms with van der Waals surface area (Å²) in [6, 6.07) is 7.25. The predicted molar refractivity (Wildman–Crippen MR) is 64.7 cm³/mol. The smallest absolute Gasteiger partial charge is 0.244 e. The van der Waals surface area contributed by atoms with Gasteiger partial charge in [0.1, 0.15) is 5.75 Å². The highest BCUT2D eigenvalue weighted by Gasteiger charge is 1.99. The molecule has 96 valence electrons. The van der Waals surface area contributed by atoms with Crippen LogP contribution in [-0.2, 0) is 9.59 Å². The lowest BCUT2D eigenvalue weighted by Gasteiger charge is -2.06. The summed E-state index contributed by atoms with van der Waals surface area (Å²) in [5.74, 6) is -1.15. The van der Waals surface area contributed by atoms with Crippen LogP contribution in [0.3, 0.4) is 0 Å². The summed E-state index contributed by atoms with van der Waals surface area (Å²) in [5.41, 5.74) is 0.753. The lowest BCUT2D eigenvalue weighted by molar-refractivity contribution is -0.303. The summed E-state index contributed by atoms with van der Waals surface area (Å²) in [7, 11) is 0. The number of carboxylic acids is 1. The molecule has 1 rings (SSSR count). The van der Waals surface area contributed by atoms with E-state index in [0.29, 0.717) is 12.4 Å². The van der Waals surface area contributed by atoms with Crippen molar-refractivity contribution in [3.63, 3.8) is 0 Å².